The van der Waals surface area contributed by atoms with E-state index in [2.05, 4.69) is 5.32 Å². The molecular formula is C18H17Cl2NO4. The van der Waals surface area contributed by atoms with Crippen LogP contribution in [0.15, 0.2) is 48.5 Å². The van der Waals surface area contributed by atoms with E-state index < -0.39 is 11.9 Å². The molecule has 0 unspecified atom stereocenters. The highest BCUT2D eigenvalue weighted by atomic mass is 35.5. The summed E-state index contributed by atoms with van der Waals surface area (Å²) in [5.74, 6) is -0.547. The smallest absolute Gasteiger partial charge is 0.344 e. The molecule has 2 rings (SSSR count). The highest BCUT2D eigenvalue weighted by molar-refractivity contribution is 6.30. The molecule has 0 aliphatic carbocycles. The van der Waals surface area contributed by atoms with Gasteiger partial charge >= 0.3 is 5.97 Å². The summed E-state index contributed by atoms with van der Waals surface area (Å²) < 4.78 is 10.1. The van der Waals surface area contributed by atoms with Gasteiger partial charge in [-0.05, 0) is 48.9 Å². The number of rotatable bonds is 7. The van der Waals surface area contributed by atoms with Crippen molar-refractivity contribution in [3.8, 4) is 5.75 Å². The Balaban J connectivity index is 1.70. The Labute approximate surface area is 155 Å². The van der Waals surface area contributed by atoms with Crippen molar-refractivity contribution in [2.75, 3.05) is 13.2 Å². The van der Waals surface area contributed by atoms with E-state index in [1.807, 2.05) is 19.1 Å². The molecule has 1 atom stereocenters. The van der Waals surface area contributed by atoms with Crippen LogP contribution in [0.1, 0.15) is 18.5 Å². The van der Waals surface area contributed by atoms with Crippen molar-refractivity contribution in [1.29, 1.82) is 0 Å². The minimum absolute atomic E-state index is 0.228. The Kier molecular flexibility index (Phi) is 7.10. The number of ether oxygens (including phenoxy) is 2. The predicted octanol–water partition coefficient (Wildman–Crippen LogP) is 3.79. The summed E-state index contributed by atoms with van der Waals surface area (Å²) in [5.41, 5.74) is 0.898. The van der Waals surface area contributed by atoms with Crippen LogP contribution in [-0.4, -0.2) is 25.1 Å². The van der Waals surface area contributed by atoms with Crippen LogP contribution in [0, 0.1) is 0 Å². The zero-order chi connectivity index (χ0) is 18.2. The first-order valence-electron chi connectivity index (χ1n) is 7.53. The number of amides is 1. The first-order valence-corrected chi connectivity index (χ1v) is 8.28. The van der Waals surface area contributed by atoms with E-state index in [-0.39, 0.29) is 19.3 Å². The third-order valence-corrected chi connectivity index (χ3v) is 3.79. The molecule has 132 valence electrons. The van der Waals surface area contributed by atoms with Crippen molar-refractivity contribution in [3.63, 3.8) is 0 Å². The molecule has 0 aromatic heterocycles. The summed E-state index contributed by atoms with van der Waals surface area (Å²) in [4.78, 5) is 23.5. The molecule has 0 radical (unpaired) electrons. The predicted molar refractivity (Wildman–Crippen MR) is 95.9 cm³/mol. The summed E-state index contributed by atoms with van der Waals surface area (Å²) in [6.45, 7) is 1.16. The first-order chi connectivity index (χ1) is 11.9. The van der Waals surface area contributed by atoms with Gasteiger partial charge in [0, 0.05) is 10.0 Å². The zero-order valence-electron chi connectivity index (χ0n) is 13.5. The fourth-order valence-electron chi connectivity index (χ4n) is 1.98. The Morgan fingerprint density at radius 3 is 2.12 bits per heavy atom. The van der Waals surface area contributed by atoms with Crippen LogP contribution in [0.3, 0.4) is 0 Å². The molecule has 1 amide bonds. The third-order valence-electron chi connectivity index (χ3n) is 3.28. The van der Waals surface area contributed by atoms with Gasteiger partial charge in [-0.2, -0.15) is 0 Å². The average molecular weight is 382 g/mol. The molecule has 25 heavy (non-hydrogen) atoms. The molecule has 0 fully saturated rings. The molecule has 7 heteroatoms. The van der Waals surface area contributed by atoms with Crippen LogP contribution in [0.2, 0.25) is 10.0 Å². The lowest BCUT2D eigenvalue weighted by molar-refractivity contribution is -0.150. The van der Waals surface area contributed by atoms with Gasteiger partial charge in [0.05, 0.1) is 6.04 Å². The molecule has 5 nitrogen and oxygen atoms in total. The van der Waals surface area contributed by atoms with E-state index in [9.17, 15) is 9.59 Å². The second kappa shape index (κ2) is 9.30. The quantitative estimate of drug-likeness (QED) is 0.740. The van der Waals surface area contributed by atoms with Gasteiger partial charge in [0.15, 0.2) is 13.2 Å². The zero-order valence-corrected chi connectivity index (χ0v) is 15.0. The molecule has 0 saturated heterocycles. The summed E-state index contributed by atoms with van der Waals surface area (Å²) in [6.07, 6.45) is 0. The minimum Gasteiger partial charge on any atom is -0.482 e. The lowest BCUT2D eigenvalue weighted by atomic mass is 10.1. The van der Waals surface area contributed by atoms with E-state index in [0.29, 0.717) is 15.8 Å². The number of carbonyl (C=O) groups is 2. The topological polar surface area (TPSA) is 64.6 Å². The number of benzene rings is 2. The van der Waals surface area contributed by atoms with Crippen LogP contribution in [0.5, 0.6) is 5.75 Å². The van der Waals surface area contributed by atoms with Gasteiger partial charge < -0.3 is 14.8 Å². The molecule has 2 aromatic carbocycles. The van der Waals surface area contributed by atoms with Gasteiger partial charge in [0.1, 0.15) is 5.75 Å². The molecule has 0 saturated carbocycles. The van der Waals surface area contributed by atoms with E-state index in [4.69, 9.17) is 32.7 Å². The molecule has 0 aliphatic rings. The molecule has 2 aromatic rings. The second-order valence-electron chi connectivity index (χ2n) is 5.24. The lowest BCUT2D eigenvalue weighted by Crippen LogP contribution is -2.31. The highest BCUT2D eigenvalue weighted by Gasteiger charge is 2.12. The number of hydrogen-bond donors (Lipinski definition) is 1. The van der Waals surface area contributed by atoms with Crippen LogP contribution >= 0.6 is 23.2 Å². The summed E-state index contributed by atoms with van der Waals surface area (Å²) in [7, 11) is 0. The highest BCUT2D eigenvalue weighted by Crippen LogP contribution is 2.16. The van der Waals surface area contributed by atoms with E-state index in [1.165, 1.54) is 0 Å². The van der Waals surface area contributed by atoms with Crippen molar-refractivity contribution < 1.29 is 19.1 Å². The summed E-state index contributed by atoms with van der Waals surface area (Å²) >= 11 is 11.6. The normalized spacial score (nSPS) is 11.5. The first kappa shape index (κ1) is 19.1. The number of esters is 1. The molecular weight excluding hydrogens is 365 g/mol. The standard InChI is InChI=1S/C18H17Cl2NO4/c1-12(13-2-4-14(19)5-3-13)21-17(22)10-25-18(23)11-24-16-8-6-15(20)7-9-16/h2-9,12H,10-11H2,1H3,(H,21,22)/t12-/m1/s1. The number of halogens is 2. The summed E-state index contributed by atoms with van der Waals surface area (Å²) in [5, 5.41) is 3.93. The van der Waals surface area contributed by atoms with Crippen molar-refractivity contribution >= 4 is 35.1 Å². The average Bonchev–Trinajstić information content (AvgIpc) is 2.60. The Bertz CT molecular complexity index is 717. The fraction of sp³-hybridized carbons (Fsp3) is 0.222. The monoisotopic (exact) mass is 381 g/mol. The van der Waals surface area contributed by atoms with Gasteiger partial charge in [-0.3, -0.25) is 4.79 Å². The fourth-order valence-corrected chi connectivity index (χ4v) is 2.23. The maximum absolute atomic E-state index is 11.8. The van der Waals surface area contributed by atoms with E-state index in [0.717, 1.165) is 5.56 Å². The van der Waals surface area contributed by atoms with Gasteiger partial charge in [0.2, 0.25) is 0 Å². The number of carbonyl (C=O) groups excluding carboxylic acids is 2. The van der Waals surface area contributed by atoms with Gasteiger partial charge in [-0.25, -0.2) is 4.79 Å². The Hall–Kier alpha value is -2.24. The van der Waals surface area contributed by atoms with Crippen LogP contribution < -0.4 is 10.1 Å². The molecule has 1 N–H and O–H groups in total. The largest absolute Gasteiger partial charge is 0.482 e. The SMILES string of the molecule is C[C@@H](NC(=O)COC(=O)COc1ccc(Cl)cc1)c1ccc(Cl)cc1. The maximum Gasteiger partial charge on any atom is 0.344 e. The molecule has 0 aliphatic heterocycles. The Morgan fingerprint density at radius 1 is 0.960 bits per heavy atom. The molecule has 0 bridgehead atoms. The molecule has 0 heterocycles. The van der Waals surface area contributed by atoms with Gasteiger partial charge in [0.25, 0.3) is 5.91 Å². The van der Waals surface area contributed by atoms with Crippen LogP contribution in [0.25, 0.3) is 0 Å². The number of hydrogen-bond acceptors (Lipinski definition) is 4. The van der Waals surface area contributed by atoms with Crippen LogP contribution in [0.4, 0.5) is 0 Å². The lowest BCUT2D eigenvalue weighted by Gasteiger charge is -2.14. The second-order valence-corrected chi connectivity index (χ2v) is 6.12. The van der Waals surface area contributed by atoms with Gasteiger partial charge in [-0.1, -0.05) is 35.3 Å². The Morgan fingerprint density at radius 2 is 1.52 bits per heavy atom. The summed E-state index contributed by atoms with van der Waals surface area (Å²) in [6, 6.07) is 13.5. The van der Waals surface area contributed by atoms with E-state index in [1.54, 1.807) is 36.4 Å². The van der Waals surface area contributed by atoms with Crippen molar-refractivity contribution in [2.24, 2.45) is 0 Å². The van der Waals surface area contributed by atoms with Crippen molar-refractivity contribution in [3.05, 3.63) is 64.1 Å². The van der Waals surface area contributed by atoms with Crippen molar-refractivity contribution in [1.82, 2.24) is 5.32 Å². The third kappa shape index (κ3) is 6.64. The maximum atomic E-state index is 11.8. The van der Waals surface area contributed by atoms with Crippen molar-refractivity contribution in [2.45, 2.75) is 13.0 Å². The van der Waals surface area contributed by atoms with Crippen LogP contribution in [-0.2, 0) is 14.3 Å². The minimum atomic E-state index is -0.635. The van der Waals surface area contributed by atoms with E-state index >= 15 is 0 Å². The molecule has 0 spiro atoms. The van der Waals surface area contributed by atoms with Gasteiger partial charge in [-0.15, -0.1) is 0 Å². The number of nitrogens with one attached hydrogen (secondary N) is 1.